The molecule has 17 heavy (non-hydrogen) atoms. The Morgan fingerprint density at radius 3 is 2.59 bits per heavy atom. The molecule has 0 aromatic heterocycles. The van der Waals surface area contributed by atoms with Crippen LogP contribution in [-0.4, -0.2) is 50.8 Å². The fraction of sp³-hybridized carbons (Fsp3) is 1.00. The van der Waals surface area contributed by atoms with Gasteiger partial charge in [0.25, 0.3) is 0 Å². The molecule has 2 unspecified atom stereocenters. The molecular weight excluding hydrogens is 212 g/mol. The number of hydrogen-bond donors (Lipinski definition) is 1. The van der Waals surface area contributed by atoms with Gasteiger partial charge in [-0.25, -0.2) is 0 Å². The van der Waals surface area contributed by atoms with Gasteiger partial charge in [0.2, 0.25) is 0 Å². The van der Waals surface area contributed by atoms with Crippen LogP contribution in [0.3, 0.4) is 0 Å². The van der Waals surface area contributed by atoms with Crippen LogP contribution in [-0.2, 0) is 4.74 Å². The molecule has 1 N–H and O–H groups in total. The number of likely N-dealkylation sites (N-methyl/N-ethyl adjacent to an activating group) is 2. The molecule has 0 radical (unpaired) electrons. The molecule has 0 amide bonds. The predicted octanol–water partition coefficient (Wildman–Crippen LogP) is 1.88. The van der Waals surface area contributed by atoms with Crippen molar-refractivity contribution < 1.29 is 4.74 Å². The van der Waals surface area contributed by atoms with Gasteiger partial charge in [-0.2, -0.15) is 0 Å². The zero-order valence-electron chi connectivity index (χ0n) is 11.5. The molecule has 3 nitrogen and oxygen atoms in total. The minimum absolute atomic E-state index is 0.648. The Morgan fingerprint density at radius 1 is 1.24 bits per heavy atom. The van der Waals surface area contributed by atoms with E-state index >= 15 is 0 Å². The summed E-state index contributed by atoms with van der Waals surface area (Å²) in [6, 6.07) is 1.32. The zero-order chi connectivity index (χ0) is 12.1. The summed E-state index contributed by atoms with van der Waals surface area (Å²) in [7, 11) is 4.38. The van der Waals surface area contributed by atoms with Gasteiger partial charge < -0.3 is 10.1 Å². The molecule has 2 fully saturated rings. The van der Waals surface area contributed by atoms with Crippen LogP contribution >= 0.6 is 0 Å². The average molecular weight is 240 g/mol. The second-order valence-electron chi connectivity index (χ2n) is 5.75. The maximum atomic E-state index is 5.48. The van der Waals surface area contributed by atoms with Crippen LogP contribution in [0.1, 0.15) is 38.5 Å². The third-order valence-corrected chi connectivity index (χ3v) is 4.60. The third kappa shape index (κ3) is 3.67. The minimum Gasteiger partial charge on any atom is -0.380 e. The van der Waals surface area contributed by atoms with Crippen LogP contribution in [0.4, 0.5) is 0 Å². The van der Waals surface area contributed by atoms with Gasteiger partial charge in [-0.15, -0.1) is 0 Å². The van der Waals surface area contributed by atoms with Crippen LogP contribution < -0.4 is 5.32 Å². The van der Waals surface area contributed by atoms with Crippen molar-refractivity contribution in [3.05, 3.63) is 0 Å². The van der Waals surface area contributed by atoms with Gasteiger partial charge in [0.15, 0.2) is 0 Å². The highest BCUT2D eigenvalue weighted by Crippen LogP contribution is 2.27. The molecule has 0 aromatic carbocycles. The summed E-state index contributed by atoms with van der Waals surface area (Å²) in [4.78, 5) is 2.50. The van der Waals surface area contributed by atoms with Crippen LogP contribution in [0.2, 0.25) is 0 Å². The van der Waals surface area contributed by atoms with Crippen molar-refractivity contribution in [3.63, 3.8) is 0 Å². The van der Waals surface area contributed by atoms with Crippen molar-refractivity contribution >= 4 is 0 Å². The quantitative estimate of drug-likeness (QED) is 0.794. The first-order valence-electron chi connectivity index (χ1n) is 7.26. The molecular formula is C14H28N2O. The summed E-state index contributed by atoms with van der Waals surface area (Å²) < 4.78 is 5.48. The molecule has 0 bridgehead atoms. The summed E-state index contributed by atoms with van der Waals surface area (Å²) >= 11 is 0. The lowest BCUT2D eigenvalue weighted by molar-refractivity contribution is 0.140. The smallest absolute Gasteiger partial charge is 0.0622 e. The first kappa shape index (κ1) is 13.3. The van der Waals surface area contributed by atoms with Crippen LogP contribution in [0.15, 0.2) is 0 Å². The normalized spacial score (nSPS) is 28.8. The fourth-order valence-electron chi connectivity index (χ4n) is 3.34. The summed E-state index contributed by atoms with van der Waals surface area (Å²) in [5.41, 5.74) is 0. The van der Waals surface area contributed by atoms with E-state index in [0.29, 0.717) is 12.1 Å². The fourth-order valence-corrected chi connectivity index (χ4v) is 3.34. The Bertz CT molecular complexity index is 210. The second-order valence-corrected chi connectivity index (χ2v) is 5.75. The summed E-state index contributed by atoms with van der Waals surface area (Å²) in [5, 5.41) is 3.54. The lowest BCUT2D eigenvalue weighted by atomic mass is 9.83. The van der Waals surface area contributed by atoms with Gasteiger partial charge in [0.05, 0.1) is 6.61 Å². The maximum Gasteiger partial charge on any atom is 0.0622 e. The van der Waals surface area contributed by atoms with Crippen molar-refractivity contribution in [1.82, 2.24) is 10.2 Å². The van der Waals surface area contributed by atoms with Crippen LogP contribution in [0.5, 0.6) is 0 Å². The highest BCUT2D eigenvalue weighted by atomic mass is 16.5. The molecule has 0 aromatic rings. The molecule has 3 heteroatoms. The molecule has 0 spiro atoms. The molecule has 2 atom stereocenters. The number of hydrogen-bond acceptors (Lipinski definition) is 3. The maximum absolute atomic E-state index is 5.48. The Morgan fingerprint density at radius 2 is 2.00 bits per heavy atom. The summed E-state index contributed by atoms with van der Waals surface area (Å²) in [5.74, 6) is 0.888. The van der Waals surface area contributed by atoms with Gasteiger partial charge in [0.1, 0.15) is 0 Å². The van der Waals surface area contributed by atoms with Crippen molar-refractivity contribution in [1.29, 1.82) is 0 Å². The van der Waals surface area contributed by atoms with E-state index in [2.05, 4.69) is 24.3 Å². The van der Waals surface area contributed by atoms with E-state index < -0.39 is 0 Å². The molecule has 100 valence electrons. The summed E-state index contributed by atoms with van der Waals surface area (Å²) in [6.07, 6.45) is 8.34. The van der Waals surface area contributed by atoms with Crippen molar-refractivity contribution in [2.45, 2.75) is 50.6 Å². The third-order valence-electron chi connectivity index (χ3n) is 4.60. The monoisotopic (exact) mass is 240 g/mol. The Hall–Kier alpha value is -0.120. The van der Waals surface area contributed by atoms with E-state index in [1.165, 1.54) is 45.1 Å². The largest absolute Gasteiger partial charge is 0.380 e. The van der Waals surface area contributed by atoms with E-state index in [4.69, 9.17) is 4.74 Å². The molecule has 1 saturated carbocycles. The predicted molar refractivity (Wildman–Crippen MR) is 71.3 cm³/mol. The number of nitrogens with one attached hydrogen (secondary N) is 1. The number of ether oxygens (including phenoxy) is 1. The first-order valence-corrected chi connectivity index (χ1v) is 7.26. The second kappa shape index (κ2) is 6.72. The average Bonchev–Trinajstić information content (AvgIpc) is 2.90. The van der Waals surface area contributed by atoms with Gasteiger partial charge in [0, 0.05) is 25.2 Å². The van der Waals surface area contributed by atoms with Crippen molar-refractivity contribution in [3.8, 4) is 0 Å². The van der Waals surface area contributed by atoms with Gasteiger partial charge in [-0.05, 0) is 39.3 Å². The van der Waals surface area contributed by atoms with Crippen molar-refractivity contribution in [2.75, 3.05) is 33.9 Å². The zero-order valence-corrected chi connectivity index (χ0v) is 11.5. The van der Waals surface area contributed by atoms with E-state index in [1.54, 1.807) is 0 Å². The highest BCUT2D eigenvalue weighted by Gasteiger charge is 2.27. The topological polar surface area (TPSA) is 24.5 Å². The molecule has 1 aliphatic heterocycles. The number of rotatable bonds is 5. The van der Waals surface area contributed by atoms with Gasteiger partial charge in [-0.3, -0.25) is 4.90 Å². The number of nitrogens with zero attached hydrogens (tertiary/aromatic N) is 1. The van der Waals surface area contributed by atoms with Gasteiger partial charge >= 0.3 is 0 Å². The Kier molecular flexibility index (Phi) is 5.26. The summed E-state index contributed by atoms with van der Waals surface area (Å²) in [6.45, 7) is 3.05. The Balaban J connectivity index is 1.80. The van der Waals surface area contributed by atoms with E-state index in [1.807, 2.05) is 0 Å². The van der Waals surface area contributed by atoms with Crippen LogP contribution in [0, 0.1) is 5.92 Å². The molecule has 2 rings (SSSR count). The lowest BCUT2D eigenvalue weighted by Gasteiger charge is -2.34. The van der Waals surface area contributed by atoms with Crippen molar-refractivity contribution in [2.24, 2.45) is 5.92 Å². The molecule has 1 aliphatic carbocycles. The molecule has 1 heterocycles. The minimum atomic E-state index is 0.648. The van der Waals surface area contributed by atoms with Crippen LogP contribution in [0.25, 0.3) is 0 Å². The van der Waals surface area contributed by atoms with E-state index in [9.17, 15) is 0 Å². The van der Waals surface area contributed by atoms with E-state index in [0.717, 1.165) is 19.1 Å². The highest BCUT2D eigenvalue weighted by molar-refractivity contribution is 4.83. The van der Waals surface area contributed by atoms with E-state index in [-0.39, 0.29) is 0 Å². The molecule has 1 saturated heterocycles. The Labute approximate surface area is 106 Å². The first-order chi connectivity index (χ1) is 8.31. The standard InChI is InChI=1S/C14H28N2O/c1-15-14(12-6-4-3-5-7-12)10-16(2)13-8-9-17-11-13/h12-15H,3-11H2,1-2H3. The lowest BCUT2D eigenvalue weighted by Crippen LogP contribution is -2.46. The molecule has 2 aliphatic rings. The van der Waals surface area contributed by atoms with Gasteiger partial charge in [-0.1, -0.05) is 19.3 Å². The SMILES string of the molecule is CNC(CN(C)C1CCOC1)C1CCCCC1.